The summed E-state index contributed by atoms with van der Waals surface area (Å²) in [7, 11) is 0. The zero-order valence-corrected chi connectivity index (χ0v) is 16.3. The van der Waals surface area contributed by atoms with Crippen LogP contribution in [0.2, 0.25) is 0 Å². The fourth-order valence-electron chi connectivity index (χ4n) is 4.00. The van der Waals surface area contributed by atoms with Crippen molar-refractivity contribution < 1.29 is 14.4 Å². The molecule has 140 valence electrons. The fraction of sp³-hybridized carbons (Fsp3) is 0.368. The lowest BCUT2D eigenvalue weighted by atomic mass is 9.94. The van der Waals surface area contributed by atoms with Crippen molar-refractivity contribution in [1.82, 2.24) is 4.90 Å². The number of thiocarbonyl (C=S) groups is 1. The second-order valence-electron chi connectivity index (χ2n) is 6.91. The van der Waals surface area contributed by atoms with Crippen molar-refractivity contribution in [3.8, 4) is 0 Å². The van der Waals surface area contributed by atoms with E-state index in [4.69, 9.17) is 18.0 Å². The molecular weight excluding hydrogens is 382 g/mol. The van der Waals surface area contributed by atoms with Gasteiger partial charge in [-0.15, -0.1) is 0 Å². The number of hydrogen-bond acceptors (Lipinski definition) is 5. The molecule has 4 rings (SSSR count). The highest BCUT2D eigenvalue weighted by Crippen LogP contribution is 2.45. The Morgan fingerprint density at radius 3 is 2.56 bits per heavy atom. The number of para-hydroxylation sites is 1. The molecule has 0 atom stereocenters. The zero-order valence-electron chi connectivity index (χ0n) is 14.6. The summed E-state index contributed by atoms with van der Waals surface area (Å²) in [5.74, 6) is -1.18. The first-order chi connectivity index (χ1) is 13.0. The molecular formula is C19H19N3O3S2. The molecule has 6 nitrogen and oxygen atoms in total. The molecule has 1 saturated heterocycles. The van der Waals surface area contributed by atoms with E-state index in [-0.39, 0.29) is 24.4 Å². The topological polar surface area (TPSA) is 83.7 Å². The number of hydrogen-bond donors (Lipinski definition) is 1. The molecule has 3 amide bonds. The number of primary amides is 1. The van der Waals surface area contributed by atoms with Crippen LogP contribution in [-0.4, -0.2) is 39.5 Å². The molecule has 1 saturated carbocycles. The van der Waals surface area contributed by atoms with Crippen molar-refractivity contribution >= 4 is 57.3 Å². The van der Waals surface area contributed by atoms with Gasteiger partial charge in [0, 0.05) is 11.6 Å². The van der Waals surface area contributed by atoms with Gasteiger partial charge >= 0.3 is 0 Å². The van der Waals surface area contributed by atoms with Crippen molar-refractivity contribution in [2.45, 2.75) is 38.1 Å². The Kier molecular flexibility index (Phi) is 4.77. The monoisotopic (exact) mass is 401 g/mol. The Morgan fingerprint density at radius 2 is 1.85 bits per heavy atom. The van der Waals surface area contributed by atoms with Gasteiger partial charge in [-0.3, -0.25) is 24.2 Å². The number of thioether (sulfide) groups is 1. The molecule has 0 bridgehead atoms. The molecule has 2 fully saturated rings. The van der Waals surface area contributed by atoms with Gasteiger partial charge in [0.25, 0.3) is 11.8 Å². The van der Waals surface area contributed by atoms with Crippen molar-refractivity contribution in [1.29, 1.82) is 0 Å². The van der Waals surface area contributed by atoms with E-state index >= 15 is 0 Å². The largest absolute Gasteiger partial charge is 0.368 e. The summed E-state index contributed by atoms with van der Waals surface area (Å²) in [6.07, 6.45) is 5.23. The molecule has 2 aliphatic heterocycles. The number of rotatable bonds is 3. The first-order valence-electron chi connectivity index (χ1n) is 8.98. The maximum atomic E-state index is 13.2. The van der Waals surface area contributed by atoms with Gasteiger partial charge in [0.05, 0.1) is 16.2 Å². The predicted octanol–water partition coefficient (Wildman–Crippen LogP) is 2.42. The molecule has 1 aliphatic carbocycles. The smallest absolute Gasteiger partial charge is 0.267 e. The Labute approximate surface area is 166 Å². The zero-order chi connectivity index (χ0) is 19.1. The van der Waals surface area contributed by atoms with Gasteiger partial charge in [-0.2, -0.15) is 0 Å². The molecule has 1 aromatic rings. The summed E-state index contributed by atoms with van der Waals surface area (Å²) in [6.45, 7) is -0.220. The number of anilines is 1. The minimum atomic E-state index is -0.603. The average molecular weight is 402 g/mol. The summed E-state index contributed by atoms with van der Waals surface area (Å²) in [5, 5.41) is 0. The SMILES string of the molecule is NC(=O)CN1C(=O)C(=C2SC(=S)N(C3CCCCC3)C2=O)c2ccccc21. The first kappa shape index (κ1) is 18.2. The number of benzene rings is 1. The van der Waals surface area contributed by atoms with Gasteiger partial charge in [-0.05, 0) is 18.9 Å². The van der Waals surface area contributed by atoms with Crippen LogP contribution in [0, 0.1) is 0 Å². The Balaban J connectivity index is 1.76. The van der Waals surface area contributed by atoms with E-state index < -0.39 is 5.91 Å². The van der Waals surface area contributed by atoms with Gasteiger partial charge in [0.2, 0.25) is 5.91 Å². The third-order valence-electron chi connectivity index (χ3n) is 5.20. The molecule has 2 heterocycles. The van der Waals surface area contributed by atoms with Crippen LogP contribution in [0.1, 0.15) is 37.7 Å². The summed E-state index contributed by atoms with van der Waals surface area (Å²) >= 11 is 6.67. The molecule has 8 heteroatoms. The van der Waals surface area contributed by atoms with E-state index in [1.807, 2.05) is 6.07 Å². The molecule has 0 radical (unpaired) electrons. The third kappa shape index (κ3) is 3.06. The number of carbonyl (C=O) groups excluding carboxylic acids is 3. The number of nitrogens with zero attached hydrogens (tertiary/aromatic N) is 2. The van der Waals surface area contributed by atoms with E-state index in [1.165, 1.54) is 23.1 Å². The molecule has 1 aromatic carbocycles. The number of amides is 3. The van der Waals surface area contributed by atoms with Crippen molar-refractivity contribution in [2.24, 2.45) is 5.73 Å². The summed E-state index contributed by atoms with van der Waals surface area (Å²) in [5.41, 5.74) is 6.87. The summed E-state index contributed by atoms with van der Waals surface area (Å²) in [6, 6.07) is 7.25. The molecule has 2 N–H and O–H groups in total. The normalized spacial score (nSPS) is 23.3. The fourth-order valence-corrected chi connectivity index (χ4v) is 5.47. The van der Waals surface area contributed by atoms with Gasteiger partial charge in [0.1, 0.15) is 10.9 Å². The van der Waals surface area contributed by atoms with Crippen LogP contribution in [0.25, 0.3) is 5.57 Å². The predicted molar refractivity (Wildman–Crippen MR) is 109 cm³/mol. The van der Waals surface area contributed by atoms with Crippen LogP contribution in [0.3, 0.4) is 0 Å². The van der Waals surface area contributed by atoms with Crippen molar-refractivity contribution in [3.63, 3.8) is 0 Å². The second kappa shape index (κ2) is 7.09. The van der Waals surface area contributed by atoms with E-state index in [9.17, 15) is 14.4 Å². The van der Waals surface area contributed by atoms with E-state index in [0.717, 1.165) is 25.7 Å². The van der Waals surface area contributed by atoms with E-state index in [1.54, 1.807) is 23.1 Å². The van der Waals surface area contributed by atoms with Crippen LogP contribution < -0.4 is 10.6 Å². The van der Waals surface area contributed by atoms with Gasteiger partial charge in [0.15, 0.2) is 0 Å². The highest BCUT2D eigenvalue weighted by Gasteiger charge is 2.44. The van der Waals surface area contributed by atoms with E-state index in [0.29, 0.717) is 26.0 Å². The van der Waals surface area contributed by atoms with Crippen LogP contribution >= 0.6 is 24.0 Å². The van der Waals surface area contributed by atoms with E-state index in [2.05, 4.69) is 0 Å². The van der Waals surface area contributed by atoms with Gasteiger partial charge in [-0.1, -0.05) is 61.4 Å². The van der Waals surface area contributed by atoms with Crippen molar-refractivity contribution in [2.75, 3.05) is 11.4 Å². The highest BCUT2D eigenvalue weighted by atomic mass is 32.2. The Hall–Kier alpha value is -2.19. The maximum Gasteiger partial charge on any atom is 0.267 e. The average Bonchev–Trinajstić information content (AvgIpc) is 3.09. The lowest BCUT2D eigenvalue weighted by molar-refractivity contribution is -0.124. The van der Waals surface area contributed by atoms with Gasteiger partial charge < -0.3 is 5.73 Å². The minimum absolute atomic E-state index is 0.109. The van der Waals surface area contributed by atoms with Gasteiger partial charge in [-0.25, -0.2) is 0 Å². The summed E-state index contributed by atoms with van der Waals surface area (Å²) < 4.78 is 0.507. The van der Waals surface area contributed by atoms with Crippen LogP contribution in [0.5, 0.6) is 0 Å². The summed E-state index contributed by atoms with van der Waals surface area (Å²) in [4.78, 5) is 41.0. The molecule has 27 heavy (non-hydrogen) atoms. The minimum Gasteiger partial charge on any atom is -0.368 e. The lowest BCUT2D eigenvalue weighted by Crippen LogP contribution is -2.40. The van der Waals surface area contributed by atoms with Crippen molar-refractivity contribution in [3.05, 3.63) is 34.7 Å². The Morgan fingerprint density at radius 1 is 1.15 bits per heavy atom. The molecule has 0 unspecified atom stereocenters. The standard InChI is InChI=1S/C19H19N3O3S2/c20-14(23)10-21-13-9-5-4-8-12(13)15(17(21)24)16-18(25)22(19(26)27-16)11-6-2-1-3-7-11/h4-5,8-9,11H,1-3,6-7,10H2,(H2,20,23). The van der Waals surface area contributed by atoms with Crippen LogP contribution in [0.4, 0.5) is 5.69 Å². The lowest BCUT2D eigenvalue weighted by Gasteiger charge is -2.29. The Bertz CT molecular complexity index is 890. The number of fused-ring (bicyclic) bond motifs is 1. The maximum absolute atomic E-state index is 13.2. The second-order valence-corrected chi connectivity index (χ2v) is 8.56. The molecule has 0 spiro atoms. The number of carbonyl (C=O) groups is 3. The van der Waals surface area contributed by atoms with Crippen LogP contribution in [0.15, 0.2) is 29.2 Å². The van der Waals surface area contributed by atoms with Crippen LogP contribution in [-0.2, 0) is 14.4 Å². The quantitative estimate of drug-likeness (QED) is 0.621. The molecule has 0 aromatic heterocycles. The highest BCUT2D eigenvalue weighted by molar-refractivity contribution is 8.26. The number of nitrogens with two attached hydrogens (primary N) is 1. The third-order valence-corrected chi connectivity index (χ3v) is 6.60. The first-order valence-corrected chi connectivity index (χ1v) is 10.2. The molecule has 3 aliphatic rings.